The number of hydrogen-bond acceptors (Lipinski definition) is 1. The minimum atomic E-state index is 0.927. The Balaban J connectivity index is 2.61. The minimum Gasteiger partial charge on any atom is -0.262 e. The Kier molecular flexibility index (Phi) is 2.28. The Morgan fingerprint density at radius 2 is 2.67 bits per heavy atom. The van der Waals surface area contributed by atoms with E-state index in [0.29, 0.717) is 0 Å². The van der Waals surface area contributed by atoms with E-state index in [1.54, 1.807) is 10.9 Å². The third-order valence-corrected chi connectivity index (χ3v) is 1.36. The number of aromatic nitrogens is 2. The largest absolute Gasteiger partial charge is 0.262 e. The summed E-state index contributed by atoms with van der Waals surface area (Å²) in [6.45, 7) is 3.06. The highest BCUT2D eigenvalue weighted by molar-refractivity contribution is 9.10. The van der Waals surface area contributed by atoms with Crippen LogP contribution in [0, 0.1) is 6.20 Å². The van der Waals surface area contributed by atoms with Crippen LogP contribution in [-0.2, 0) is 6.54 Å². The van der Waals surface area contributed by atoms with Gasteiger partial charge in [0.15, 0.2) is 0 Å². The second-order valence-corrected chi connectivity index (χ2v) is 2.68. The predicted octanol–water partition coefficient (Wildman–Crippen LogP) is 1.86. The van der Waals surface area contributed by atoms with Crippen LogP contribution in [0.25, 0.3) is 0 Å². The van der Waals surface area contributed by atoms with Crippen LogP contribution >= 0.6 is 15.9 Å². The first kappa shape index (κ1) is 6.81. The van der Waals surface area contributed by atoms with Gasteiger partial charge in [-0.15, -0.1) is 0 Å². The average Bonchev–Trinajstić information content (AvgIpc) is 2.17. The van der Waals surface area contributed by atoms with E-state index in [-0.39, 0.29) is 0 Å². The molecule has 0 amide bonds. The van der Waals surface area contributed by atoms with E-state index in [4.69, 9.17) is 0 Å². The Bertz CT molecular complexity index is 183. The molecule has 1 rings (SSSR count). The Morgan fingerprint density at radius 1 is 1.89 bits per heavy atom. The molecule has 9 heavy (non-hydrogen) atoms. The number of halogens is 1. The first-order valence-electron chi connectivity index (χ1n) is 2.93. The van der Waals surface area contributed by atoms with Crippen molar-refractivity contribution in [2.75, 3.05) is 0 Å². The standard InChI is InChI=1S/C6H8BrN2/c1-2-3-9-5-6(7)4-8-9/h4H,2-3H2,1H3. The minimum absolute atomic E-state index is 0.927. The zero-order chi connectivity index (χ0) is 6.69. The van der Waals surface area contributed by atoms with Gasteiger partial charge in [0.1, 0.15) is 6.20 Å². The molecule has 0 aromatic carbocycles. The SMILES string of the molecule is CCCn1[c]c(Br)cn1. The molecule has 0 saturated heterocycles. The molecule has 0 aliphatic heterocycles. The van der Waals surface area contributed by atoms with Gasteiger partial charge in [0.2, 0.25) is 0 Å². The fraction of sp³-hybridized carbons (Fsp3) is 0.500. The predicted molar refractivity (Wildman–Crippen MR) is 39.1 cm³/mol. The van der Waals surface area contributed by atoms with Gasteiger partial charge >= 0.3 is 0 Å². The molecule has 1 radical (unpaired) electrons. The molecule has 1 aromatic rings. The number of nitrogens with zero attached hydrogens (tertiary/aromatic N) is 2. The van der Waals surface area contributed by atoms with Crippen molar-refractivity contribution in [2.45, 2.75) is 19.9 Å². The third-order valence-electron chi connectivity index (χ3n) is 0.982. The zero-order valence-electron chi connectivity index (χ0n) is 5.26. The fourth-order valence-electron chi connectivity index (χ4n) is 0.627. The number of rotatable bonds is 2. The molecule has 0 bridgehead atoms. The monoisotopic (exact) mass is 187 g/mol. The lowest BCUT2D eigenvalue weighted by Crippen LogP contribution is -1.95. The summed E-state index contributed by atoms with van der Waals surface area (Å²) in [6.07, 6.45) is 5.85. The summed E-state index contributed by atoms with van der Waals surface area (Å²) < 4.78 is 2.72. The molecule has 0 N–H and O–H groups in total. The van der Waals surface area contributed by atoms with Gasteiger partial charge in [-0.3, -0.25) is 4.68 Å². The number of hydrogen-bond donors (Lipinski definition) is 0. The Labute approximate surface area is 63.0 Å². The van der Waals surface area contributed by atoms with Crippen LogP contribution in [0.2, 0.25) is 0 Å². The summed E-state index contributed by atoms with van der Waals surface area (Å²) in [5.41, 5.74) is 0. The first-order chi connectivity index (χ1) is 4.33. The van der Waals surface area contributed by atoms with E-state index >= 15 is 0 Å². The first-order valence-corrected chi connectivity index (χ1v) is 3.73. The van der Waals surface area contributed by atoms with Gasteiger partial charge in [-0.25, -0.2) is 0 Å². The molecule has 0 aliphatic rings. The van der Waals surface area contributed by atoms with Crippen LogP contribution in [0.4, 0.5) is 0 Å². The Hall–Kier alpha value is -0.310. The lowest BCUT2D eigenvalue weighted by atomic mass is 10.5. The molecular weight excluding hydrogens is 180 g/mol. The summed E-state index contributed by atoms with van der Waals surface area (Å²) in [6, 6.07) is 0. The molecule has 0 atom stereocenters. The van der Waals surface area contributed by atoms with E-state index in [0.717, 1.165) is 17.4 Å². The molecule has 2 nitrogen and oxygen atoms in total. The highest BCUT2D eigenvalue weighted by Gasteiger charge is 1.91. The molecule has 0 spiro atoms. The van der Waals surface area contributed by atoms with E-state index in [2.05, 4.69) is 34.1 Å². The van der Waals surface area contributed by atoms with E-state index in [1.165, 1.54) is 0 Å². The van der Waals surface area contributed by atoms with Crippen molar-refractivity contribution in [1.82, 2.24) is 9.78 Å². The molecule has 0 aliphatic carbocycles. The highest BCUT2D eigenvalue weighted by Crippen LogP contribution is 2.04. The topological polar surface area (TPSA) is 17.8 Å². The maximum Gasteiger partial charge on any atom is 0.102 e. The van der Waals surface area contributed by atoms with Crippen LogP contribution in [0.15, 0.2) is 10.7 Å². The molecule has 49 valence electrons. The summed E-state index contributed by atoms with van der Waals surface area (Å²) in [7, 11) is 0. The molecule has 3 heteroatoms. The van der Waals surface area contributed by atoms with Crippen LogP contribution < -0.4 is 0 Å². The van der Waals surface area contributed by atoms with Crippen molar-refractivity contribution in [3.8, 4) is 0 Å². The molecule has 1 aromatic heterocycles. The lowest BCUT2D eigenvalue weighted by Gasteiger charge is -1.92. The van der Waals surface area contributed by atoms with Crippen molar-refractivity contribution in [3.05, 3.63) is 16.9 Å². The maximum absolute atomic E-state index is 4.02. The second-order valence-electron chi connectivity index (χ2n) is 1.83. The molecule has 0 fully saturated rings. The van der Waals surface area contributed by atoms with Gasteiger partial charge in [-0.2, -0.15) is 5.10 Å². The third kappa shape index (κ3) is 1.82. The van der Waals surface area contributed by atoms with Crippen molar-refractivity contribution in [3.63, 3.8) is 0 Å². The summed E-state index contributed by atoms with van der Waals surface area (Å²) >= 11 is 3.26. The van der Waals surface area contributed by atoms with Gasteiger partial charge in [-0.05, 0) is 22.4 Å². The summed E-state index contributed by atoms with van der Waals surface area (Å²) in [5.74, 6) is 0. The zero-order valence-corrected chi connectivity index (χ0v) is 6.85. The molecule has 0 saturated carbocycles. The van der Waals surface area contributed by atoms with Gasteiger partial charge < -0.3 is 0 Å². The Morgan fingerprint density at radius 3 is 3.11 bits per heavy atom. The maximum atomic E-state index is 4.02. The van der Waals surface area contributed by atoms with Gasteiger partial charge in [0.25, 0.3) is 0 Å². The smallest absolute Gasteiger partial charge is 0.102 e. The van der Waals surface area contributed by atoms with Crippen LogP contribution in [-0.4, -0.2) is 9.78 Å². The average molecular weight is 188 g/mol. The van der Waals surface area contributed by atoms with Gasteiger partial charge in [-0.1, -0.05) is 6.92 Å². The van der Waals surface area contributed by atoms with Crippen LogP contribution in [0.5, 0.6) is 0 Å². The molecule has 0 unspecified atom stereocenters. The molecular formula is C6H8BrN2. The van der Waals surface area contributed by atoms with Gasteiger partial charge in [0, 0.05) is 6.54 Å². The highest BCUT2D eigenvalue weighted by atomic mass is 79.9. The second kappa shape index (κ2) is 3.01. The van der Waals surface area contributed by atoms with E-state index < -0.39 is 0 Å². The van der Waals surface area contributed by atoms with Crippen LogP contribution in [0.3, 0.4) is 0 Å². The van der Waals surface area contributed by atoms with Crippen molar-refractivity contribution in [2.24, 2.45) is 0 Å². The lowest BCUT2D eigenvalue weighted by molar-refractivity contribution is 0.598. The summed E-state index contributed by atoms with van der Waals surface area (Å²) in [5, 5.41) is 4.02. The van der Waals surface area contributed by atoms with Gasteiger partial charge in [0.05, 0.1) is 10.7 Å². The normalized spacial score (nSPS) is 10.0. The summed E-state index contributed by atoms with van der Waals surface area (Å²) in [4.78, 5) is 0. The van der Waals surface area contributed by atoms with E-state index in [9.17, 15) is 0 Å². The van der Waals surface area contributed by atoms with Crippen molar-refractivity contribution < 1.29 is 0 Å². The molecule has 1 heterocycles. The van der Waals surface area contributed by atoms with Crippen molar-refractivity contribution >= 4 is 15.9 Å². The quantitative estimate of drug-likeness (QED) is 0.692. The van der Waals surface area contributed by atoms with E-state index in [1.807, 2.05) is 0 Å². The fourth-order valence-corrected chi connectivity index (χ4v) is 0.923. The number of aryl methyl sites for hydroxylation is 1. The van der Waals surface area contributed by atoms with Crippen LogP contribution in [0.1, 0.15) is 13.3 Å². The van der Waals surface area contributed by atoms with Crippen molar-refractivity contribution in [1.29, 1.82) is 0 Å².